The summed E-state index contributed by atoms with van der Waals surface area (Å²) < 4.78 is 5.82. The molecule has 22 heavy (non-hydrogen) atoms. The second-order valence-electron chi connectivity index (χ2n) is 6.34. The van der Waals surface area contributed by atoms with Gasteiger partial charge in [0, 0.05) is 12.5 Å². The van der Waals surface area contributed by atoms with Crippen LogP contribution in [0.5, 0.6) is 0 Å². The number of rotatable bonds is 2. The van der Waals surface area contributed by atoms with Crippen molar-refractivity contribution in [1.29, 1.82) is 0 Å². The van der Waals surface area contributed by atoms with Gasteiger partial charge in [-0.3, -0.25) is 4.84 Å². The molecular weight excluding hydrogens is 282 g/mol. The van der Waals surface area contributed by atoms with Crippen LogP contribution in [0.25, 0.3) is 0 Å². The SMILES string of the molecule is O[C@@H]1[C@H]2CON(Cc3ccccc3)[C@H]2[C@H](O)[C@@]12CC=CCO2. The first-order chi connectivity index (χ1) is 10.7. The van der Waals surface area contributed by atoms with E-state index in [9.17, 15) is 10.2 Å². The van der Waals surface area contributed by atoms with E-state index in [2.05, 4.69) is 0 Å². The van der Waals surface area contributed by atoms with E-state index < -0.39 is 17.8 Å². The molecule has 2 heterocycles. The lowest BCUT2D eigenvalue weighted by Crippen LogP contribution is -2.54. The third kappa shape index (κ3) is 2.05. The van der Waals surface area contributed by atoms with E-state index in [4.69, 9.17) is 9.57 Å². The highest BCUT2D eigenvalue weighted by atomic mass is 16.7. The van der Waals surface area contributed by atoms with E-state index in [0.717, 1.165) is 5.56 Å². The van der Waals surface area contributed by atoms with E-state index in [1.807, 2.05) is 47.5 Å². The Morgan fingerprint density at radius 2 is 1.95 bits per heavy atom. The van der Waals surface area contributed by atoms with Crippen molar-refractivity contribution in [1.82, 2.24) is 5.06 Å². The first-order valence-corrected chi connectivity index (χ1v) is 7.81. The van der Waals surface area contributed by atoms with E-state index in [1.54, 1.807) is 0 Å². The van der Waals surface area contributed by atoms with Gasteiger partial charge in [-0.1, -0.05) is 42.5 Å². The fourth-order valence-electron chi connectivity index (χ4n) is 4.00. The fraction of sp³-hybridized carbons (Fsp3) is 0.529. The van der Waals surface area contributed by atoms with Crippen LogP contribution >= 0.6 is 0 Å². The summed E-state index contributed by atoms with van der Waals surface area (Å²) in [6.45, 7) is 1.45. The molecule has 1 aromatic rings. The van der Waals surface area contributed by atoms with Gasteiger partial charge in [-0.05, 0) is 12.0 Å². The van der Waals surface area contributed by atoms with Crippen molar-refractivity contribution in [3.8, 4) is 0 Å². The quantitative estimate of drug-likeness (QED) is 0.794. The van der Waals surface area contributed by atoms with E-state index in [0.29, 0.717) is 26.2 Å². The number of hydrogen-bond donors (Lipinski definition) is 2. The van der Waals surface area contributed by atoms with E-state index >= 15 is 0 Å². The molecule has 5 heteroatoms. The molecule has 1 aliphatic carbocycles. The molecule has 0 aromatic heterocycles. The average Bonchev–Trinajstić information content (AvgIpc) is 3.05. The second kappa shape index (κ2) is 5.44. The highest BCUT2D eigenvalue weighted by Gasteiger charge is 2.64. The summed E-state index contributed by atoms with van der Waals surface area (Å²) in [6.07, 6.45) is 2.99. The van der Waals surface area contributed by atoms with Crippen molar-refractivity contribution in [2.45, 2.75) is 36.8 Å². The summed E-state index contributed by atoms with van der Waals surface area (Å²) in [7, 11) is 0. The molecule has 1 saturated heterocycles. The molecule has 0 amide bonds. The Bertz CT molecular complexity index is 563. The maximum absolute atomic E-state index is 10.9. The lowest BCUT2D eigenvalue weighted by atomic mass is 9.89. The predicted octanol–water partition coefficient (Wildman–Crippen LogP) is 0.869. The van der Waals surface area contributed by atoms with Gasteiger partial charge in [0.1, 0.15) is 11.7 Å². The van der Waals surface area contributed by atoms with Gasteiger partial charge in [0.15, 0.2) is 0 Å². The Morgan fingerprint density at radius 1 is 1.14 bits per heavy atom. The second-order valence-corrected chi connectivity index (χ2v) is 6.34. The minimum atomic E-state index is -0.886. The van der Waals surface area contributed by atoms with Crippen LogP contribution in [-0.4, -0.2) is 52.3 Å². The number of hydroxylamine groups is 2. The number of nitrogens with zero attached hydrogens (tertiary/aromatic N) is 1. The number of hydrogen-bond acceptors (Lipinski definition) is 5. The van der Waals surface area contributed by atoms with Crippen molar-refractivity contribution < 1.29 is 19.8 Å². The topological polar surface area (TPSA) is 62.2 Å². The number of fused-ring (bicyclic) bond motifs is 1. The number of ether oxygens (including phenoxy) is 1. The summed E-state index contributed by atoms with van der Waals surface area (Å²) in [5.74, 6) is -0.120. The van der Waals surface area contributed by atoms with Crippen LogP contribution in [0.2, 0.25) is 0 Å². The average molecular weight is 303 g/mol. The van der Waals surface area contributed by atoms with Gasteiger partial charge in [0.05, 0.1) is 25.4 Å². The zero-order valence-corrected chi connectivity index (χ0v) is 12.3. The molecule has 2 fully saturated rings. The van der Waals surface area contributed by atoms with Crippen LogP contribution in [0.4, 0.5) is 0 Å². The summed E-state index contributed by atoms with van der Waals surface area (Å²) >= 11 is 0. The van der Waals surface area contributed by atoms with Crippen LogP contribution in [0.3, 0.4) is 0 Å². The molecule has 2 aliphatic heterocycles. The summed E-state index contributed by atoms with van der Waals surface area (Å²) in [5.41, 5.74) is 0.234. The largest absolute Gasteiger partial charge is 0.390 e. The Morgan fingerprint density at radius 3 is 2.68 bits per heavy atom. The lowest BCUT2D eigenvalue weighted by molar-refractivity contribution is -0.206. The molecule has 0 unspecified atom stereocenters. The molecule has 2 N–H and O–H groups in total. The summed E-state index contributed by atoms with van der Waals surface area (Å²) in [6, 6.07) is 9.77. The minimum Gasteiger partial charge on any atom is -0.390 e. The zero-order valence-electron chi connectivity index (χ0n) is 12.3. The molecule has 4 rings (SSSR count). The van der Waals surface area contributed by atoms with E-state index in [-0.39, 0.29) is 12.0 Å². The van der Waals surface area contributed by atoms with Crippen LogP contribution in [-0.2, 0) is 16.1 Å². The van der Waals surface area contributed by atoms with Crippen molar-refractivity contribution in [3.05, 3.63) is 48.0 Å². The maximum Gasteiger partial charge on any atom is 0.126 e. The highest BCUT2D eigenvalue weighted by Crippen LogP contribution is 2.47. The maximum atomic E-state index is 10.9. The summed E-state index contributed by atoms with van der Waals surface area (Å²) in [4.78, 5) is 5.74. The normalized spacial score (nSPS) is 41.2. The van der Waals surface area contributed by atoms with Crippen molar-refractivity contribution in [2.75, 3.05) is 13.2 Å². The monoisotopic (exact) mass is 303 g/mol. The molecule has 0 radical (unpaired) electrons. The van der Waals surface area contributed by atoms with Gasteiger partial charge in [-0.15, -0.1) is 0 Å². The molecule has 5 atom stereocenters. The smallest absolute Gasteiger partial charge is 0.126 e. The fourth-order valence-corrected chi connectivity index (χ4v) is 4.00. The van der Waals surface area contributed by atoms with Gasteiger partial charge in [0.2, 0.25) is 0 Å². The first-order valence-electron chi connectivity index (χ1n) is 7.81. The molecule has 1 saturated carbocycles. The third-order valence-corrected chi connectivity index (χ3v) is 5.17. The number of aliphatic hydroxyl groups is 2. The molecule has 3 aliphatic rings. The Balaban J connectivity index is 1.58. The Labute approximate surface area is 129 Å². The first kappa shape index (κ1) is 14.4. The van der Waals surface area contributed by atoms with Crippen LogP contribution in [0.15, 0.2) is 42.5 Å². The van der Waals surface area contributed by atoms with Crippen molar-refractivity contribution in [2.24, 2.45) is 5.92 Å². The van der Waals surface area contributed by atoms with Gasteiger partial charge >= 0.3 is 0 Å². The van der Waals surface area contributed by atoms with Crippen LogP contribution in [0, 0.1) is 5.92 Å². The van der Waals surface area contributed by atoms with Gasteiger partial charge in [-0.25, -0.2) is 0 Å². The van der Waals surface area contributed by atoms with E-state index in [1.165, 1.54) is 0 Å². The predicted molar refractivity (Wildman–Crippen MR) is 79.7 cm³/mol. The zero-order chi connectivity index (χ0) is 15.2. The summed E-state index contributed by atoms with van der Waals surface area (Å²) in [5, 5.41) is 23.4. The number of aliphatic hydroxyl groups excluding tert-OH is 2. The van der Waals surface area contributed by atoms with Gasteiger partial charge < -0.3 is 14.9 Å². The molecule has 1 aromatic carbocycles. The highest BCUT2D eigenvalue weighted by molar-refractivity contribution is 5.19. The molecule has 5 nitrogen and oxygen atoms in total. The lowest BCUT2D eigenvalue weighted by Gasteiger charge is -2.39. The van der Waals surface area contributed by atoms with Crippen molar-refractivity contribution in [3.63, 3.8) is 0 Å². The van der Waals surface area contributed by atoms with Crippen molar-refractivity contribution >= 4 is 0 Å². The molecule has 1 spiro atoms. The minimum absolute atomic E-state index is 0.120. The molecule has 0 bridgehead atoms. The molecular formula is C17H21NO4. The Hall–Kier alpha value is -1.24. The standard InChI is InChI=1S/C17H21NO4/c19-15-13-11-22-18(10-12-6-2-1-3-7-12)14(13)16(20)17(15)8-4-5-9-21-17/h1-7,13-16,19-20H,8-11H2/t13-,14+,15+,16-,17+/m0/s1. The van der Waals surface area contributed by atoms with Crippen LogP contribution in [0.1, 0.15) is 12.0 Å². The molecule has 118 valence electrons. The Kier molecular flexibility index (Phi) is 3.55. The van der Waals surface area contributed by atoms with Gasteiger partial charge in [0.25, 0.3) is 0 Å². The third-order valence-electron chi connectivity index (χ3n) is 5.17. The van der Waals surface area contributed by atoms with Gasteiger partial charge in [-0.2, -0.15) is 5.06 Å². The van der Waals surface area contributed by atoms with Crippen LogP contribution < -0.4 is 0 Å². The number of benzene rings is 1.